The summed E-state index contributed by atoms with van der Waals surface area (Å²) < 4.78 is 0. The highest BCUT2D eigenvalue weighted by Gasteiger charge is 1.99. The molecule has 0 unspecified atom stereocenters. The fraction of sp³-hybridized carbons (Fsp3) is 0.0625. The summed E-state index contributed by atoms with van der Waals surface area (Å²) in [4.78, 5) is 12.8. The molecule has 0 amide bonds. The molecule has 0 N–H and O–H groups in total. The molecule has 0 aliphatic heterocycles. The Bertz CT molecular complexity index is 561. The number of benzene rings is 2. The molecule has 0 atom stereocenters. The molecule has 0 fully saturated rings. The lowest BCUT2D eigenvalue weighted by molar-refractivity contribution is -0.112. The highest BCUT2D eigenvalue weighted by Crippen LogP contribution is 2.20. The summed E-state index contributed by atoms with van der Waals surface area (Å²) in [6, 6.07) is 17.3. The van der Waals surface area contributed by atoms with Crippen LogP contribution in [0.3, 0.4) is 0 Å². The van der Waals surface area contributed by atoms with Crippen molar-refractivity contribution >= 4 is 35.2 Å². The predicted octanol–water partition coefficient (Wildman–Crippen LogP) is 4.71. The van der Waals surface area contributed by atoms with Gasteiger partial charge < -0.3 is 0 Å². The van der Waals surface area contributed by atoms with Crippen molar-refractivity contribution in [3.63, 3.8) is 0 Å². The van der Waals surface area contributed by atoms with Gasteiger partial charge >= 0.3 is 0 Å². The Labute approximate surface area is 122 Å². The second-order valence-corrected chi connectivity index (χ2v) is 5.44. The molecule has 3 heteroatoms. The van der Waals surface area contributed by atoms with Crippen molar-refractivity contribution in [3.05, 3.63) is 71.3 Å². The number of rotatable bonds is 5. The second kappa shape index (κ2) is 7.17. The lowest BCUT2D eigenvalue weighted by atomic mass is 10.2. The van der Waals surface area contributed by atoms with E-state index in [1.54, 1.807) is 6.08 Å². The van der Waals surface area contributed by atoms with Crippen molar-refractivity contribution in [2.45, 2.75) is 4.90 Å². The van der Waals surface area contributed by atoms with Gasteiger partial charge in [0.15, 0.2) is 5.78 Å². The number of carbonyl (C=O) groups is 1. The lowest BCUT2D eigenvalue weighted by Crippen LogP contribution is -1.95. The minimum Gasteiger partial charge on any atom is -0.294 e. The fourth-order valence-electron chi connectivity index (χ4n) is 1.49. The third kappa shape index (κ3) is 4.93. The molecular weight excluding hydrogens is 276 g/mol. The van der Waals surface area contributed by atoms with Crippen LogP contribution in [0.4, 0.5) is 0 Å². The van der Waals surface area contributed by atoms with Gasteiger partial charge in [-0.1, -0.05) is 48.0 Å². The fourth-order valence-corrected chi connectivity index (χ4v) is 2.35. The highest BCUT2D eigenvalue weighted by atomic mass is 35.5. The molecule has 2 aromatic rings. The Hall–Kier alpha value is -1.51. The van der Waals surface area contributed by atoms with Crippen molar-refractivity contribution < 1.29 is 4.79 Å². The Morgan fingerprint density at radius 3 is 2.42 bits per heavy atom. The molecule has 0 heterocycles. The molecule has 0 aromatic heterocycles. The maximum Gasteiger partial charge on any atom is 0.165 e. The van der Waals surface area contributed by atoms with E-state index in [4.69, 9.17) is 11.6 Å². The molecule has 2 aromatic carbocycles. The van der Waals surface area contributed by atoms with E-state index in [1.807, 2.05) is 60.7 Å². The molecule has 96 valence electrons. The average molecular weight is 289 g/mol. The van der Waals surface area contributed by atoms with Crippen LogP contribution < -0.4 is 0 Å². The number of hydrogen-bond acceptors (Lipinski definition) is 2. The summed E-state index contributed by atoms with van der Waals surface area (Å²) in [7, 11) is 0. The molecular formula is C16H13ClOS. The summed E-state index contributed by atoms with van der Waals surface area (Å²) >= 11 is 7.32. The first-order chi connectivity index (χ1) is 9.24. The van der Waals surface area contributed by atoms with Crippen molar-refractivity contribution in [1.82, 2.24) is 0 Å². The van der Waals surface area contributed by atoms with Gasteiger partial charge in [-0.3, -0.25) is 4.79 Å². The molecule has 0 saturated heterocycles. The maximum atomic E-state index is 11.7. The molecule has 0 saturated carbocycles. The van der Waals surface area contributed by atoms with Gasteiger partial charge in [0.2, 0.25) is 0 Å². The first-order valence-electron chi connectivity index (χ1n) is 5.88. The van der Waals surface area contributed by atoms with Gasteiger partial charge in [-0.2, -0.15) is 0 Å². The summed E-state index contributed by atoms with van der Waals surface area (Å²) in [5.74, 6) is 0.536. The highest BCUT2D eigenvalue weighted by molar-refractivity contribution is 8.00. The predicted molar refractivity (Wildman–Crippen MR) is 82.7 cm³/mol. The van der Waals surface area contributed by atoms with Gasteiger partial charge in [0.05, 0.1) is 5.75 Å². The quantitative estimate of drug-likeness (QED) is 0.585. The van der Waals surface area contributed by atoms with E-state index in [0.29, 0.717) is 10.8 Å². The van der Waals surface area contributed by atoms with E-state index in [0.717, 1.165) is 10.5 Å². The van der Waals surface area contributed by atoms with Crippen LogP contribution >= 0.6 is 23.4 Å². The molecule has 0 radical (unpaired) electrons. The van der Waals surface area contributed by atoms with Crippen LogP contribution in [-0.2, 0) is 4.79 Å². The van der Waals surface area contributed by atoms with Crippen LogP contribution in [0.25, 0.3) is 6.08 Å². The van der Waals surface area contributed by atoms with Crippen LogP contribution in [-0.4, -0.2) is 11.5 Å². The van der Waals surface area contributed by atoms with Gasteiger partial charge in [0.1, 0.15) is 0 Å². The topological polar surface area (TPSA) is 17.1 Å². The Morgan fingerprint density at radius 1 is 1.05 bits per heavy atom. The minimum atomic E-state index is 0.101. The third-order valence-electron chi connectivity index (χ3n) is 2.46. The van der Waals surface area contributed by atoms with Crippen LogP contribution in [0.2, 0.25) is 5.02 Å². The first-order valence-corrected chi connectivity index (χ1v) is 7.25. The summed E-state index contributed by atoms with van der Waals surface area (Å²) in [6.45, 7) is 0. The van der Waals surface area contributed by atoms with Gasteiger partial charge in [0.25, 0.3) is 0 Å². The second-order valence-electron chi connectivity index (χ2n) is 3.95. The zero-order valence-electron chi connectivity index (χ0n) is 10.3. The van der Waals surface area contributed by atoms with E-state index < -0.39 is 0 Å². The zero-order chi connectivity index (χ0) is 13.5. The standard InChI is InChI=1S/C16H13ClOS/c17-14-7-10-16(11-8-14)19-12-15(18)9-6-13-4-2-1-3-5-13/h1-11H,12H2/b9-6+. The summed E-state index contributed by atoms with van der Waals surface area (Å²) in [5.41, 5.74) is 1.03. The molecule has 1 nitrogen and oxygen atoms in total. The third-order valence-corrected chi connectivity index (χ3v) is 3.74. The maximum absolute atomic E-state index is 11.7. The Kier molecular flexibility index (Phi) is 5.25. The average Bonchev–Trinajstić information content (AvgIpc) is 2.45. The lowest BCUT2D eigenvalue weighted by Gasteiger charge is -1.99. The molecule has 0 spiro atoms. The van der Waals surface area contributed by atoms with Gasteiger partial charge in [-0.15, -0.1) is 11.8 Å². The molecule has 0 bridgehead atoms. The van der Waals surface area contributed by atoms with Gasteiger partial charge in [-0.25, -0.2) is 0 Å². The van der Waals surface area contributed by atoms with Crippen molar-refractivity contribution in [2.24, 2.45) is 0 Å². The zero-order valence-corrected chi connectivity index (χ0v) is 11.8. The SMILES string of the molecule is O=C(/C=C/c1ccccc1)CSc1ccc(Cl)cc1. The van der Waals surface area contributed by atoms with Crippen LogP contribution in [0.5, 0.6) is 0 Å². The van der Waals surface area contributed by atoms with Crippen LogP contribution in [0.1, 0.15) is 5.56 Å². The first kappa shape index (κ1) is 13.9. The molecule has 2 rings (SSSR count). The minimum absolute atomic E-state index is 0.101. The molecule has 19 heavy (non-hydrogen) atoms. The number of halogens is 1. The van der Waals surface area contributed by atoms with E-state index in [1.165, 1.54) is 11.8 Å². The van der Waals surface area contributed by atoms with Crippen LogP contribution in [0.15, 0.2) is 65.6 Å². The van der Waals surface area contributed by atoms with E-state index >= 15 is 0 Å². The molecule has 0 aliphatic carbocycles. The van der Waals surface area contributed by atoms with E-state index in [9.17, 15) is 4.79 Å². The number of ketones is 1. The van der Waals surface area contributed by atoms with Crippen LogP contribution in [0, 0.1) is 0 Å². The van der Waals surface area contributed by atoms with Crippen molar-refractivity contribution in [1.29, 1.82) is 0 Å². The van der Waals surface area contributed by atoms with Gasteiger partial charge in [-0.05, 0) is 35.9 Å². The number of carbonyl (C=O) groups excluding carboxylic acids is 1. The van der Waals surface area contributed by atoms with E-state index in [2.05, 4.69) is 0 Å². The van der Waals surface area contributed by atoms with Gasteiger partial charge in [0, 0.05) is 9.92 Å². The Morgan fingerprint density at radius 2 is 1.74 bits per heavy atom. The monoisotopic (exact) mass is 288 g/mol. The van der Waals surface area contributed by atoms with E-state index in [-0.39, 0.29) is 5.78 Å². The number of allylic oxidation sites excluding steroid dienone is 1. The van der Waals surface area contributed by atoms with Crippen molar-refractivity contribution in [2.75, 3.05) is 5.75 Å². The molecule has 0 aliphatic rings. The summed E-state index contributed by atoms with van der Waals surface area (Å²) in [6.07, 6.45) is 3.46. The summed E-state index contributed by atoms with van der Waals surface area (Å²) in [5, 5.41) is 0.708. The number of thioether (sulfide) groups is 1. The van der Waals surface area contributed by atoms with Crippen molar-refractivity contribution in [3.8, 4) is 0 Å². The smallest absolute Gasteiger partial charge is 0.165 e. The Balaban J connectivity index is 1.85. The largest absolute Gasteiger partial charge is 0.294 e. The normalized spacial score (nSPS) is 10.8. The number of hydrogen-bond donors (Lipinski definition) is 0.